The van der Waals surface area contributed by atoms with Crippen LogP contribution in [0.5, 0.6) is 0 Å². The van der Waals surface area contributed by atoms with Crippen molar-refractivity contribution in [3.8, 4) is 20.9 Å². The normalized spacial score (nSPS) is 14.0. The smallest absolute Gasteiger partial charge is 0.259 e. The maximum atomic E-state index is 13.0. The van der Waals surface area contributed by atoms with Crippen LogP contribution in [0.1, 0.15) is 24.1 Å². The van der Waals surface area contributed by atoms with Crippen molar-refractivity contribution in [1.29, 1.82) is 0 Å². The van der Waals surface area contributed by atoms with Crippen LogP contribution in [-0.2, 0) is 19.9 Å². The number of fused-ring (bicyclic) bond motifs is 1. The Morgan fingerprint density at radius 3 is 2.23 bits per heavy atom. The monoisotopic (exact) mass is 327 g/mol. The Labute approximate surface area is 137 Å². The summed E-state index contributed by atoms with van der Waals surface area (Å²) < 4.78 is 1.89. The first-order valence-corrected chi connectivity index (χ1v) is 9.36. The second-order valence-electron chi connectivity index (χ2n) is 5.70. The van der Waals surface area contributed by atoms with Gasteiger partial charge in [0.1, 0.15) is 0 Å². The number of hydrogen-bond donors (Lipinski definition) is 0. The molecule has 1 aliphatic rings. The first-order valence-electron chi connectivity index (χ1n) is 7.60. The van der Waals surface area contributed by atoms with Crippen molar-refractivity contribution >= 4 is 22.7 Å². The Morgan fingerprint density at radius 2 is 1.59 bits per heavy atom. The Kier molecular flexibility index (Phi) is 3.51. The van der Waals surface area contributed by atoms with Crippen molar-refractivity contribution in [1.82, 2.24) is 4.57 Å². The van der Waals surface area contributed by atoms with E-state index in [1.54, 1.807) is 22.7 Å². The Morgan fingerprint density at radius 1 is 0.955 bits per heavy atom. The molecule has 4 rings (SSSR count). The summed E-state index contributed by atoms with van der Waals surface area (Å²) in [5.74, 6) is 0. The molecule has 112 valence electrons. The molecular weight excluding hydrogens is 310 g/mol. The van der Waals surface area contributed by atoms with Crippen LogP contribution in [0.2, 0.25) is 0 Å². The van der Waals surface area contributed by atoms with E-state index in [2.05, 4.69) is 23.6 Å². The molecule has 0 aliphatic heterocycles. The van der Waals surface area contributed by atoms with Crippen molar-refractivity contribution in [2.24, 2.45) is 7.05 Å². The van der Waals surface area contributed by atoms with E-state index < -0.39 is 0 Å². The van der Waals surface area contributed by atoms with Gasteiger partial charge in [0.15, 0.2) is 0 Å². The van der Waals surface area contributed by atoms with Crippen molar-refractivity contribution in [3.63, 3.8) is 0 Å². The lowest BCUT2D eigenvalue weighted by molar-refractivity contribution is 0.626. The molecule has 4 heteroatoms. The predicted octanol–water partition coefficient (Wildman–Crippen LogP) is 4.72. The summed E-state index contributed by atoms with van der Waals surface area (Å²) in [6, 6.07) is 8.31. The van der Waals surface area contributed by atoms with Crippen LogP contribution in [0, 0.1) is 0 Å². The lowest BCUT2D eigenvalue weighted by Gasteiger charge is -2.24. The average Bonchev–Trinajstić information content (AvgIpc) is 3.23. The van der Waals surface area contributed by atoms with Gasteiger partial charge < -0.3 is 4.57 Å². The molecular formula is C18H17NOS2. The summed E-state index contributed by atoms with van der Waals surface area (Å²) in [5, 5.41) is 4.15. The van der Waals surface area contributed by atoms with E-state index in [1.807, 2.05) is 23.1 Å². The van der Waals surface area contributed by atoms with Gasteiger partial charge in [0, 0.05) is 28.1 Å². The second-order valence-corrected chi connectivity index (χ2v) is 7.60. The third-order valence-electron chi connectivity index (χ3n) is 4.45. The molecule has 22 heavy (non-hydrogen) atoms. The SMILES string of the molecule is Cn1c2c(c(-c3cccs3)c(-c3cccs3)c1=O)CCCC2. The zero-order chi connectivity index (χ0) is 15.1. The lowest BCUT2D eigenvalue weighted by atomic mass is 9.88. The highest BCUT2D eigenvalue weighted by molar-refractivity contribution is 7.14. The van der Waals surface area contributed by atoms with E-state index >= 15 is 0 Å². The van der Waals surface area contributed by atoms with Crippen LogP contribution in [0.25, 0.3) is 20.9 Å². The molecule has 0 saturated heterocycles. The second kappa shape index (κ2) is 5.52. The van der Waals surface area contributed by atoms with Gasteiger partial charge >= 0.3 is 0 Å². The fraction of sp³-hybridized carbons (Fsp3) is 0.278. The average molecular weight is 327 g/mol. The number of hydrogen-bond acceptors (Lipinski definition) is 3. The minimum absolute atomic E-state index is 0.145. The van der Waals surface area contributed by atoms with Gasteiger partial charge in [-0.2, -0.15) is 0 Å². The molecule has 3 aromatic heterocycles. The van der Waals surface area contributed by atoms with E-state index in [4.69, 9.17) is 0 Å². The highest BCUT2D eigenvalue weighted by atomic mass is 32.1. The third kappa shape index (κ3) is 2.09. The molecule has 0 bridgehead atoms. The Hall–Kier alpha value is -1.65. The molecule has 1 aliphatic carbocycles. The topological polar surface area (TPSA) is 22.0 Å². The summed E-state index contributed by atoms with van der Waals surface area (Å²) in [5.41, 5.74) is 4.85. The van der Waals surface area contributed by atoms with Crippen LogP contribution in [0.3, 0.4) is 0 Å². The van der Waals surface area contributed by atoms with Crippen LogP contribution < -0.4 is 5.56 Å². The van der Waals surface area contributed by atoms with E-state index in [1.165, 1.54) is 34.5 Å². The molecule has 0 N–H and O–H groups in total. The molecule has 0 saturated carbocycles. The van der Waals surface area contributed by atoms with Gasteiger partial charge in [-0.3, -0.25) is 4.79 Å². The van der Waals surface area contributed by atoms with Gasteiger partial charge in [0.2, 0.25) is 0 Å². The highest BCUT2D eigenvalue weighted by Crippen LogP contribution is 2.40. The number of aromatic nitrogens is 1. The predicted molar refractivity (Wildman–Crippen MR) is 95.0 cm³/mol. The fourth-order valence-electron chi connectivity index (χ4n) is 3.42. The molecule has 0 amide bonds. The van der Waals surface area contributed by atoms with Gasteiger partial charge in [0.25, 0.3) is 5.56 Å². The first kappa shape index (κ1) is 14.0. The zero-order valence-electron chi connectivity index (χ0n) is 12.5. The van der Waals surface area contributed by atoms with Crippen molar-refractivity contribution in [3.05, 3.63) is 56.6 Å². The maximum absolute atomic E-state index is 13.0. The molecule has 0 aromatic carbocycles. The number of rotatable bonds is 2. The molecule has 0 atom stereocenters. The van der Waals surface area contributed by atoms with E-state index in [9.17, 15) is 4.79 Å². The van der Waals surface area contributed by atoms with Crippen LogP contribution in [0.15, 0.2) is 39.8 Å². The molecule has 2 nitrogen and oxygen atoms in total. The summed E-state index contributed by atoms with van der Waals surface area (Å²) in [6.07, 6.45) is 4.50. The molecule has 0 unspecified atom stereocenters. The summed E-state index contributed by atoms with van der Waals surface area (Å²) in [7, 11) is 1.93. The summed E-state index contributed by atoms with van der Waals surface area (Å²) >= 11 is 3.38. The van der Waals surface area contributed by atoms with Gasteiger partial charge in [-0.05, 0) is 54.1 Å². The Bertz CT molecular complexity index is 858. The largest absolute Gasteiger partial charge is 0.315 e. The Balaban J connectivity index is 2.13. The van der Waals surface area contributed by atoms with Crippen LogP contribution in [0.4, 0.5) is 0 Å². The van der Waals surface area contributed by atoms with Crippen LogP contribution in [-0.4, -0.2) is 4.57 Å². The molecule has 0 radical (unpaired) electrons. The molecule has 3 aromatic rings. The van der Waals surface area contributed by atoms with Gasteiger partial charge in [-0.25, -0.2) is 0 Å². The van der Waals surface area contributed by atoms with E-state index in [0.29, 0.717) is 0 Å². The molecule has 3 heterocycles. The van der Waals surface area contributed by atoms with Crippen molar-refractivity contribution < 1.29 is 0 Å². The minimum atomic E-state index is 0.145. The molecule has 0 fully saturated rings. The minimum Gasteiger partial charge on any atom is -0.315 e. The summed E-state index contributed by atoms with van der Waals surface area (Å²) in [4.78, 5) is 15.3. The third-order valence-corrected chi connectivity index (χ3v) is 6.22. The van der Waals surface area contributed by atoms with Gasteiger partial charge in [-0.15, -0.1) is 22.7 Å². The zero-order valence-corrected chi connectivity index (χ0v) is 14.1. The van der Waals surface area contributed by atoms with Crippen molar-refractivity contribution in [2.75, 3.05) is 0 Å². The molecule has 0 spiro atoms. The van der Waals surface area contributed by atoms with E-state index in [0.717, 1.165) is 23.3 Å². The summed E-state index contributed by atoms with van der Waals surface area (Å²) in [6.45, 7) is 0. The number of thiophene rings is 2. The van der Waals surface area contributed by atoms with E-state index in [-0.39, 0.29) is 5.56 Å². The standard InChI is InChI=1S/C18H17NOS2/c1-19-13-7-3-2-6-12(13)16(14-8-4-10-21-14)17(18(19)20)15-9-5-11-22-15/h4-5,8-11H,2-3,6-7H2,1H3. The highest BCUT2D eigenvalue weighted by Gasteiger charge is 2.24. The number of nitrogens with zero attached hydrogens (tertiary/aromatic N) is 1. The number of pyridine rings is 1. The quantitative estimate of drug-likeness (QED) is 0.667. The first-order chi connectivity index (χ1) is 10.8. The van der Waals surface area contributed by atoms with Gasteiger partial charge in [0.05, 0.1) is 5.56 Å². The van der Waals surface area contributed by atoms with Crippen LogP contribution >= 0.6 is 22.7 Å². The maximum Gasteiger partial charge on any atom is 0.259 e. The fourth-order valence-corrected chi connectivity index (χ4v) is 4.99. The van der Waals surface area contributed by atoms with Gasteiger partial charge in [-0.1, -0.05) is 12.1 Å². The van der Waals surface area contributed by atoms with Crippen molar-refractivity contribution in [2.45, 2.75) is 25.7 Å². The lowest BCUT2D eigenvalue weighted by Crippen LogP contribution is -2.26.